The lowest BCUT2D eigenvalue weighted by molar-refractivity contribution is -0.267. The van der Waals surface area contributed by atoms with Crippen molar-refractivity contribution in [1.29, 1.82) is 0 Å². The van der Waals surface area contributed by atoms with Crippen LogP contribution >= 0.6 is 0 Å². The van der Waals surface area contributed by atoms with Crippen LogP contribution in [0.3, 0.4) is 0 Å². The lowest BCUT2D eigenvalue weighted by atomic mass is 10.2. The molecule has 0 aliphatic rings. The predicted octanol–water partition coefficient (Wildman–Crippen LogP) is 1.80. The molecule has 0 aliphatic heterocycles. The zero-order chi connectivity index (χ0) is 9.26. The summed E-state index contributed by atoms with van der Waals surface area (Å²) < 4.78 is 9.96. The van der Waals surface area contributed by atoms with Gasteiger partial charge in [0.2, 0.25) is 6.26 Å². The molecule has 2 aromatic rings. The van der Waals surface area contributed by atoms with Crippen molar-refractivity contribution in [3.8, 4) is 11.7 Å². The second-order valence-corrected chi connectivity index (χ2v) is 2.64. The Labute approximate surface area is 75.2 Å². The molecule has 0 spiro atoms. The third-order valence-corrected chi connectivity index (χ3v) is 1.87. The van der Waals surface area contributed by atoms with Gasteiger partial charge in [0.1, 0.15) is 5.39 Å². The second kappa shape index (κ2) is 2.94. The molecule has 0 bridgehead atoms. The van der Waals surface area contributed by atoms with Crippen molar-refractivity contribution in [1.82, 2.24) is 0 Å². The minimum Gasteiger partial charge on any atom is -0.868 e. The summed E-state index contributed by atoms with van der Waals surface area (Å²) in [6.07, 6.45) is 1.15. The number of hydrogen-bond donors (Lipinski definition) is 0. The van der Waals surface area contributed by atoms with Gasteiger partial charge in [0, 0.05) is 0 Å². The zero-order valence-electron chi connectivity index (χ0n) is 7.11. The highest BCUT2D eigenvalue weighted by Gasteiger charge is 2.12. The predicted molar refractivity (Wildman–Crippen MR) is 46.6 cm³/mol. The first-order chi connectivity index (χ1) is 6.33. The molecule has 2 rings (SSSR count). The Morgan fingerprint density at radius 3 is 2.62 bits per heavy atom. The van der Waals surface area contributed by atoms with Crippen molar-refractivity contribution in [3.05, 3.63) is 30.5 Å². The fourth-order valence-corrected chi connectivity index (χ4v) is 1.27. The van der Waals surface area contributed by atoms with Gasteiger partial charge in [-0.15, -0.1) is 0 Å². The minimum atomic E-state index is -0.128. The van der Waals surface area contributed by atoms with Crippen LogP contribution in [-0.4, -0.2) is 7.11 Å². The Hall–Kier alpha value is -1.77. The largest absolute Gasteiger partial charge is 0.868 e. The highest BCUT2D eigenvalue weighted by atomic mass is 16.6. The van der Waals surface area contributed by atoms with E-state index in [9.17, 15) is 5.11 Å². The molecule has 0 atom stereocenters. The molecule has 0 fully saturated rings. The maximum atomic E-state index is 11.3. The normalized spacial score (nSPS) is 10.2. The van der Waals surface area contributed by atoms with Gasteiger partial charge in [-0.05, 0) is 17.2 Å². The molecule has 13 heavy (non-hydrogen) atoms. The van der Waals surface area contributed by atoms with Crippen LogP contribution in [0.15, 0.2) is 34.9 Å². The summed E-state index contributed by atoms with van der Waals surface area (Å²) in [4.78, 5) is 0. The summed E-state index contributed by atoms with van der Waals surface area (Å²) in [5, 5.41) is 12.6. The molecule has 0 amide bonds. The number of rotatable bonds is 1. The molecule has 66 valence electrons. The summed E-state index contributed by atoms with van der Waals surface area (Å²) in [6.45, 7) is 0. The van der Waals surface area contributed by atoms with Crippen molar-refractivity contribution >= 4 is 10.8 Å². The minimum absolute atomic E-state index is 0.128. The molecule has 0 N–H and O–H groups in total. The van der Waals surface area contributed by atoms with E-state index in [0.717, 1.165) is 6.26 Å². The molecule has 1 aromatic carbocycles. The summed E-state index contributed by atoms with van der Waals surface area (Å²) in [5.41, 5.74) is 0. The van der Waals surface area contributed by atoms with E-state index in [1.807, 2.05) is 12.1 Å². The van der Waals surface area contributed by atoms with Gasteiger partial charge >= 0.3 is 5.95 Å². The molecule has 0 aliphatic carbocycles. The highest BCUT2D eigenvalue weighted by Crippen LogP contribution is 2.30. The van der Waals surface area contributed by atoms with Gasteiger partial charge in [-0.25, -0.2) is 0 Å². The first-order valence-electron chi connectivity index (χ1n) is 3.87. The van der Waals surface area contributed by atoms with Crippen LogP contribution in [0.5, 0.6) is 11.7 Å². The Morgan fingerprint density at radius 2 is 1.92 bits per heavy atom. The van der Waals surface area contributed by atoms with Gasteiger partial charge in [0.15, 0.2) is 7.11 Å². The van der Waals surface area contributed by atoms with E-state index in [-0.39, 0.29) is 5.75 Å². The van der Waals surface area contributed by atoms with Gasteiger partial charge in [0.25, 0.3) is 0 Å². The summed E-state index contributed by atoms with van der Waals surface area (Å²) >= 11 is 0. The van der Waals surface area contributed by atoms with Crippen LogP contribution in [0.25, 0.3) is 10.8 Å². The van der Waals surface area contributed by atoms with E-state index < -0.39 is 0 Å². The number of benzene rings is 1. The van der Waals surface area contributed by atoms with Crippen molar-refractivity contribution in [3.63, 3.8) is 0 Å². The summed E-state index contributed by atoms with van der Waals surface area (Å²) in [7, 11) is 1.51. The standard InChI is InChI=1S/C10H8O3/c1-12-10-8-5-3-2-4-7(8)9(11)6-13-10/h2-6H,1H3. The molecule has 0 unspecified atom stereocenters. The second-order valence-electron chi connectivity index (χ2n) is 2.64. The lowest BCUT2D eigenvalue weighted by Crippen LogP contribution is -1.92. The van der Waals surface area contributed by atoms with Crippen LogP contribution in [0, 0.1) is 0 Å². The van der Waals surface area contributed by atoms with Gasteiger partial charge in [-0.1, -0.05) is 18.2 Å². The molecule has 1 aromatic heterocycles. The Balaban J connectivity index is 2.84. The van der Waals surface area contributed by atoms with E-state index >= 15 is 0 Å². The SMILES string of the molecule is COc1[o+]cc([O-])c2ccccc12. The van der Waals surface area contributed by atoms with Gasteiger partial charge in [-0.3, -0.25) is 4.42 Å². The zero-order valence-corrected chi connectivity index (χ0v) is 7.11. The third-order valence-electron chi connectivity index (χ3n) is 1.87. The molecule has 1 heterocycles. The lowest BCUT2D eigenvalue weighted by Gasteiger charge is -2.04. The average molecular weight is 176 g/mol. The van der Waals surface area contributed by atoms with Crippen molar-refractivity contribution in [2.45, 2.75) is 0 Å². The smallest absolute Gasteiger partial charge is 0.525 e. The van der Waals surface area contributed by atoms with Gasteiger partial charge < -0.3 is 9.84 Å². The summed E-state index contributed by atoms with van der Waals surface area (Å²) in [5.74, 6) is 0.242. The Kier molecular flexibility index (Phi) is 1.77. The van der Waals surface area contributed by atoms with Crippen molar-refractivity contribution in [2.75, 3.05) is 7.11 Å². The number of methoxy groups -OCH3 is 1. The fraction of sp³-hybridized carbons (Fsp3) is 0.100. The fourth-order valence-electron chi connectivity index (χ4n) is 1.27. The van der Waals surface area contributed by atoms with Crippen molar-refractivity contribution < 1.29 is 14.3 Å². The van der Waals surface area contributed by atoms with E-state index in [1.54, 1.807) is 12.1 Å². The molecule has 0 saturated carbocycles. The maximum Gasteiger partial charge on any atom is 0.525 e. The first kappa shape index (κ1) is 7.86. The molecule has 0 saturated heterocycles. The topological polar surface area (TPSA) is 43.6 Å². The molecule has 3 nitrogen and oxygen atoms in total. The quantitative estimate of drug-likeness (QED) is 0.622. The van der Waals surface area contributed by atoms with Crippen LogP contribution in [-0.2, 0) is 0 Å². The number of hydrogen-bond acceptors (Lipinski definition) is 2. The molecule has 3 heteroatoms. The van der Waals surface area contributed by atoms with Crippen LogP contribution in [0.4, 0.5) is 0 Å². The van der Waals surface area contributed by atoms with Gasteiger partial charge in [0.05, 0.1) is 0 Å². The van der Waals surface area contributed by atoms with Crippen molar-refractivity contribution in [2.24, 2.45) is 0 Å². The van der Waals surface area contributed by atoms with E-state index in [4.69, 9.17) is 9.15 Å². The van der Waals surface area contributed by atoms with Crippen LogP contribution in [0.2, 0.25) is 0 Å². The van der Waals surface area contributed by atoms with E-state index in [1.165, 1.54) is 7.11 Å². The van der Waals surface area contributed by atoms with Gasteiger partial charge in [-0.2, -0.15) is 0 Å². The average Bonchev–Trinajstić information content (AvgIpc) is 2.19. The Bertz CT molecular complexity index is 437. The maximum absolute atomic E-state index is 11.3. The molecule has 0 radical (unpaired) electrons. The van der Waals surface area contributed by atoms with Crippen LogP contribution in [0.1, 0.15) is 0 Å². The highest BCUT2D eigenvalue weighted by molar-refractivity contribution is 5.90. The molecular formula is C10H8O3. The van der Waals surface area contributed by atoms with E-state index in [0.29, 0.717) is 16.7 Å². The number of fused-ring (bicyclic) bond motifs is 1. The number of ether oxygens (including phenoxy) is 1. The monoisotopic (exact) mass is 176 g/mol. The first-order valence-corrected chi connectivity index (χ1v) is 3.87. The third kappa shape index (κ3) is 1.18. The molecular weight excluding hydrogens is 168 g/mol. The van der Waals surface area contributed by atoms with Crippen LogP contribution < -0.4 is 9.84 Å². The van der Waals surface area contributed by atoms with E-state index in [2.05, 4.69) is 0 Å². The summed E-state index contributed by atoms with van der Waals surface area (Å²) in [6, 6.07) is 7.18. The Morgan fingerprint density at radius 1 is 1.23 bits per heavy atom.